The first-order chi connectivity index (χ1) is 10.1. The number of hydrogen-bond acceptors (Lipinski definition) is 3. The van der Waals surface area contributed by atoms with Gasteiger partial charge >= 0.3 is 5.97 Å². The molecule has 1 saturated carbocycles. The van der Waals surface area contributed by atoms with Crippen LogP contribution in [-0.2, 0) is 4.74 Å². The number of imidazole rings is 1. The summed E-state index contributed by atoms with van der Waals surface area (Å²) in [7, 11) is 0. The van der Waals surface area contributed by atoms with E-state index in [4.69, 9.17) is 4.74 Å². The van der Waals surface area contributed by atoms with Gasteiger partial charge < -0.3 is 9.30 Å². The second-order valence-corrected chi connectivity index (χ2v) is 5.97. The van der Waals surface area contributed by atoms with Crippen LogP contribution >= 0.6 is 0 Å². The van der Waals surface area contributed by atoms with Crippen LogP contribution in [0.2, 0.25) is 0 Å². The minimum atomic E-state index is -0.290. The van der Waals surface area contributed by atoms with Crippen LogP contribution < -0.4 is 0 Å². The van der Waals surface area contributed by atoms with Gasteiger partial charge in [0.15, 0.2) is 0 Å². The third-order valence-electron chi connectivity index (χ3n) is 4.32. The van der Waals surface area contributed by atoms with Crippen LogP contribution in [0, 0.1) is 0 Å². The van der Waals surface area contributed by atoms with Crippen LogP contribution in [0.4, 0.5) is 0 Å². The molecule has 1 aromatic carbocycles. The highest BCUT2D eigenvalue weighted by atomic mass is 16.6. The fourth-order valence-corrected chi connectivity index (χ4v) is 2.72. The summed E-state index contributed by atoms with van der Waals surface area (Å²) in [6, 6.07) is 10.1. The molecule has 2 aromatic rings. The maximum atomic E-state index is 12.4. The van der Waals surface area contributed by atoms with Gasteiger partial charge in [0, 0.05) is 0 Å². The Bertz CT molecular complexity index is 629. The summed E-state index contributed by atoms with van der Waals surface area (Å²) in [6.45, 7) is 4.05. The van der Waals surface area contributed by atoms with Gasteiger partial charge in [-0.05, 0) is 38.7 Å². The fraction of sp³-hybridized carbons (Fsp3) is 0.412. The predicted octanol–water partition coefficient (Wildman–Crippen LogP) is 3.59. The SMILES string of the molecule is CC(c1ccccc1)n1cncc1C(=O)OC1(C)CCC1. The molecule has 21 heavy (non-hydrogen) atoms. The van der Waals surface area contributed by atoms with E-state index in [-0.39, 0.29) is 17.6 Å². The number of benzene rings is 1. The molecule has 110 valence electrons. The van der Waals surface area contributed by atoms with Crippen LogP contribution in [0.3, 0.4) is 0 Å². The van der Waals surface area contributed by atoms with E-state index in [0.29, 0.717) is 5.69 Å². The van der Waals surface area contributed by atoms with Crippen molar-refractivity contribution in [3.8, 4) is 0 Å². The van der Waals surface area contributed by atoms with Gasteiger partial charge in [0.05, 0.1) is 18.6 Å². The number of carbonyl (C=O) groups excluding carboxylic acids is 1. The number of hydrogen-bond donors (Lipinski definition) is 0. The lowest BCUT2D eigenvalue weighted by Crippen LogP contribution is -2.39. The average molecular weight is 284 g/mol. The van der Waals surface area contributed by atoms with Crippen LogP contribution in [0.25, 0.3) is 0 Å². The summed E-state index contributed by atoms with van der Waals surface area (Å²) in [5.41, 5.74) is 1.36. The van der Waals surface area contributed by atoms with Crippen molar-refractivity contribution in [2.75, 3.05) is 0 Å². The maximum absolute atomic E-state index is 12.4. The van der Waals surface area contributed by atoms with Crippen molar-refractivity contribution in [1.29, 1.82) is 0 Å². The van der Waals surface area contributed by atoms with Gasteiger partial charge in [-0.25, -0.2) is 9.78 Å². The Hall–Kier alpha value is -2.10. The van der Waals surface area contributed by atoms with Crippen LogP contribution in [0.1, 0.15) is 55.2 Å². The smallest absolute Gasteiger partial charge is 0.357 e. The average Bonchev–Trinajstić information content (AvgIpc) is 2.95. The van der Waals surface area contributed by atoms with E-state index in [1.165, 1.54) is 0 Å². The van der Waals surface area contributed by atoms with Gasteiger partial charge in [-0.1, -0.05) is 30.3 Å². The van der Waals surface area contributed by atoms with E-state index in [9.17, 15) is 4.79 Å². The molecule has 0 amide bonds. The molecule has 1 aliphatic rings. The maximum Gasteiger partial charge on any atom is 0.357 e. The molecule has 0 spiro atoms. The summed E-state index contributed by atoms with van der Waals surface area (Å²) in [5.74, 6) is -0.280. The molecule has 4 heteroatoms. The molecule has 1 aliphatic carbocycles. The number of aromatic nitrogens is 2. The zero-order valence-electron chi connectivity index (χ0n) is 12.5. The van der Waals surface area contributed by atoms with Gasteiger partial charge in [0.25, 0.3) is 0 Å². The molecule has 1 unspecified atom stereocenters. The number of nitrogens with zero attached hydrogens (tertiary/aromatic N) is 2. The molecular weight excluding hydrogens is 264 g/mol. The van der Waals surface area contributed by atoms with Crippen molar-refractivity contribution in [3.63, 3.8) is 0 Å². The standard InChI is InChI=1S/C17H20N2O2/c1-13(14-7-4-3-5-8-14)19-12-18-11-15(19)16(20)21-17(2)9-6-10-17/h3-5,7-8,11-13H,6,9-10H2,1-2H3. The monoisotopic (exact) mass is 284 g/mol. The third-order valence-corrected chi connectivity index (χ3v) is 4.32. The summed E-state index contributed by atoms with van der Waals surface area (Å²) in [6.07, 6.45) is 6.30. The molecule has 1 fully saturated rings. The van der Waals surface area contributed by atoms with Gasteiger partial charge in [-0.15, -0.1) is 0 Å². The van der Waals surface area contributed by atoms with Crippen molar-refractivity contribution in [3.05, 3.63) is 54.1 Å². The zero-order valence-corrected chi connectivity index (χ0v) is 12.5. The summed E-state index contributed by atoms with van der Waals surface area (Å²) < 4.78 is 7.52. The molecule has 4 nitrogen and oxygen atoms in total. The lowest BCUT2D eigenvalue weighted by atomic mass is 9.82. The van der Waals surface area contributed by atoms with Crippen molar-refractivity contribution >= 4 is 5.97 Å². The van der Waals surface area contributed by atoms with E-state index in [2.05, 4.69) is 11.9 Å². The molecule has 3 rings (SSSR count). The van der Waals surface area contributed by atoms with Gasteiger partial charge in [-0.3, -0.25) is 0 Å². The second-order valence-electron chi connectivity index (χ2n) is 5.97. The van der Waals surface area contributed by atoms with Crippen LogP contribution in [0.15, 0.2) is 42.9 Å². The van der Waals surface area contributed by atoms with Gasteiger partial charge in [0.2, 0.25) is 0 Å². The highest BCUT2D eigenvalue weighted by Crippen LogP contribution is 2.35. The fourth-order valence-electron chi connectivity index (χ4n) is 2.72. The first-order valence-electron chi connectivity index (χ1n) is 7.39. The lowest BCUT2D eigenvalue weighted by molar-refractivity contribution is -0.0507. The minimum absolute atomic E-state index is 0.0467. The molecule has 1 aromatic heterocycles. The van der Waals surface area contributed by atoms with E-state index in [1.54, 1.807) is 12.5 Å². The van der Waals surface area contributed by atoms with Crippen molar-refractivity contribution < 1.29 is 9.53 Å². The summed E-state index contributed by atoms with van der Waals surface area (Å²) >= 11 is 0. The Morgan fingerprint density at radius 2 is 2.05 bits per heavy atom. The topological polar surface area (TPSA) is 44.1 Å². The Morgan fingerprint density at radius 1 is 1.33 bits per heavy atom. The van der Waals surface area contributed by atoms with Crippen molar-refractivity contribution in [2.24, 2.45) is 0 Å². The molecule has 0 radical (unpaired) electrons. The van der Waals surface area contributed by atoms with Gasteiger partial charge in [-0.2, -0.15) is 0 Å². The van der Waals surface area contributed by atoms with E-state index in [0.717, 1.165) is 24.8 Å². The highest BCUT2D eigenvalue weighted by molar-refractivity contribution is 5.87. The van der Waals surface area contributed by atoms with Crippen LogP contribution in [-0.4, -0.2) is 21.1 Å². The van der Waals surface area contributed by atoms with E-state index < -0.39 is 0 Å². The largest absolute Gasteiger partial charge is 0.455 e. The normalized spacial score (nSPS) is 17.8. The number of carbonyl (C=O) groups is 1. The molecule has 0 bridgehead atoms. The predicted molar refractivity (Wildman–Crippen MR) is 80.2 cm³/mol. The number of ether oxygens (including phenoxy) is 1. The number of rotatable bonds is 4. The highest BCUT2D eigenvalue weighted by Gasteiger charge is 2.36. The van der Waals surface area contributed by atoms with E-state index >= 15 is 0 Å². The Labute approximate surface area is 124 Å². The Kier molecular flexibility index (Phi) is 3.53. The molecule has 1 heterocycles. The number of esters is 1. The summed E-state index contributed by atoms with van der Waals surface area (Å²) in [4.78, 5) is 16.5. The molecule has 1 atom stereocenters. The zero-order chi connectivity index (χ0) is 14.9. The molecular formula is C17H20N2O2. The first-order valence-corrected chi connectivity index (χ1v) is 7.39. The summed E-state index contributed by atoms with van der Waals surface area (Å²) in [5, 5.41) is 0. The Morgan fingerprint density at radius 3 is 2.67 bits per heavy atom. The third kappa shape index (κ3) is 2.71. The quantitative estimate of drug-likeness (QED) is 0.806. The van der Waals surface area contributed by atoms with Gasteiger partial charge in [0.1, 0.15) is 11.3 Å². The Balaban J connectivity index is 1.82. The second kappa shape index (κ2) is 5.35. The van der Waals surface area contributed by atoms with Crippen LogP contribution in [0.5, 0.6) is 0 Å². The van der Waals surface area contributed by atoms with E-state index in [1.807, 2.05) is 41.8 Å². The minimum Gasteiger partial charge on any atom is -0.455 e. The van der Waals surface area contributed by atoms with Crippen molar-refractivity contribution in [1.82, 2.24) is 9.55 Å². The van der Waals surface area contributed by atoms with Crippen molar-refractivity contribution in [2.45, 2.75) is 44.8 Å². The molecule has 0 saturated heterocycles. The lowest BCUT2D eigenvalue weighted by Gasteiger charge is -2.37. The molecule has 0 N–H and O–H groups in total. The molecule has 0 aliphatic heterocycles. The first kappa shape index (κ1) is 13.9.